The van der Waals surface area contributed by atoms with Crippen LogP contribution in [0.4, 0.5) is 0 Å². The van der Waals surface area contributed by atoms with Gasteiger partial charge in [0.25, 0.3) is 0 Å². The van der Waals surface area contributed by atoms with Crippen molar-refractivity contribution in [2.75, 3.05) is 19.7 Å². The zero-order chi connectivity index (χ0) is 30.8. The lowest BCUT2D eigenvalue weighted by Crippen LogP contribution is -2.50. The minimum atomic E-state index is -0.276. The molecule has 1 saturated heterocycles. The molecule has 8 heteroatoms. The van der Waals surface area contributed by atoms with Gasteiger partial charge in [-0.3, -0.25) is 14.7 Å². The quantitative estimate of drug-likeness (QED) is 0.203. The van der Waals surface area contributed by atoms with Crippen molar-refractivity contribution < 1.29 is 19.3 Å². The summed E-state index contributed by atoms with van der Waals surface area (Å²) in [5.74, 6) is 2.81. The molecule has 0 saturated carbocycles. The van der Waals surface area contributed by atoms with Crippen molar-refractivity contribution in [1.29, 1.82) is 0 Å². The molecule has 3 aromatic carbocycles. The van der Waals surface area contributed by atoms with Crippen molar-refractivity contribution in [3.05, 3.63) is 103 Å². The minimum absolute atomic E-state index is 0.0428. The van der Waals surface area contributed by atoms with Gasteiger partial charge in [0.2, 0.25) is 5.88 Å². The van der Waals surface area contributed by atoms with E-state index in [2.05, 4.69) is 49.7 Å². The number of hydrogen-bond acceptors (Lipinski definition) is 7. The third-order valence-electron chi connectivity index (χ3n) is 9.26. The fourth-order valence-electron chi connectivity index (χ4n) is 6.61. The second-order valence-corrected chi connectivity index (χ2v) is 13.6. The van der Waals surface area contributed by atoms with Crippen molar-refractivity contribution >= 4 is 11.3 Å². The summed E-state index contributed by atoms with van der Waals surface area (Å²) in [5, 5.41) is 9.88. The number of hydrogen-bond donors (Lipinski definition) is 2. The normalized spacial score (nSPS) is 19.9. The first kappa shape index (κ1) is 30.3. The zero-order valence-corrected chi connectivity index (χ0v) is 26.9. The standard InChI is InChI=1S/C36H42N2O5S/c1-23-24(2)33-30(25(3)32(23)42-20-27-9-6-5-7-10-27)16-17-36(4,43-33)22-38-18-8-11-28(38)21-41-29-14-12-26(13-15-29)19-31-34(39)37-35(40)44-31/h5-7,9-10,12-15,28,39H,8,11,16-22H2,1-4H3,(H,37,40)/t28-,36?/m0/s1. The van der Waals surface area contributed by atoms with Crippen LogP contribution in [0.25, 0.3) is 0 Å². The van der Waals surface area contributed by atoms with Crippen molar-refractivity contribution in [3.8, 4) is 23.1 Å². The van der Waals surface area contributed by atoms with Gasteiger partial charge in [0.05, 0.1) is 4.88 Å². The van der Waals surface area contributed by atoms with Gasteiger partial charge in [-0.25, -0.2) is 0 Å². The highest BCUT2D eigenvalue weighted by Crippen LogP contribution is 2.44. The second-order valence-electron chi connectivity index (χ2n) is 12.5. The van der Waals surface area contributed by atoms with Crippen LogP contribution in [0.5, 0.6) is 23.1 Å². The topological polar surface area (TPSA) is 84.0 Å². The summed E-state index contributed by atoms with van der Waals surface area (Å²) >= 11 is 1.04. The molecule has 0 spiro atoms. The van der Waals surface area contributed by atoms with Crippen molar-refractivity contribution in [2.45, 2.75) is 78.0 Å². The third kappa shape index (κ3) is 6.52. The highest BCUT2D eigenvalue weighted by atomic mass is 32.1. The molecule has 2 aliphatic rings. The lowest BCUT2D eigenvalue weighted by Gasteiger charge is -2.41. The number of thiazole rings is 1. The first-order chi connectivity index (χ1) is 21.2. The molecule has 0 aliphatic carbocycles. The first-order valence-corrected chi connectivity index (χ1v) is 16.4. The molecule has 3 heterocycles. The number of benzene rings is 3. The van der Waals surface area contributed by atoms with Gasteiger partial charge >= 0.3 is 4.87 Å². The minimum Gasteiger partial charge on any atom is -0.494 e. The van der Waals surface area contributed by atoms with Gasteiger partial charge in [0.1, 0.15) is 36.1 Å². The monoisotopic (exact) mass is 614 g/mol. The van der Waals surface area contributed by atoms with E-state index < -0.39 is 0 Å². The molecular weight excluding hydrogens is 572 g/mol. The van der Waals surface area contributed by atoms with Crippen LogP contribution in [0.15, 0.2) is 59.4 Å². The Morgan fingerprint density at radius 1 is 1.02 bits per heavy atom. The number of likely N-dealkylation sites (tertiary alicyclic amines) is 1. The molecule has 0 amide bonds. The molecule has 1 unspecified atom stereocenters. The lowest BCUT2D eigenvalue weighted by molar-refractivity contribution is 0.0146. The van der Waals surface area contributed by atoms with Gasteiger partial charge < -0.3 is 19.3 Å². The molecule has 0 radical (unpaired) electrons. The molecule has 1 fully saturated rings. The van der Waals surface area contributed by atoms with E-state index in [-0.39, 0.29) is 16.4 Å². The number of aromatic nitrogens is 1. The second kappa shape index (κ2) is 12.7. The summed E-state index contributed by atoms with van der Waals surface area (Å²) < 4.78 is 19.5. The van der Waals surface area contributed by atoms with Gasteiger partial charge in [-0.1, -0.05) is 53.8 Å². The van der Waals surface area contributed by atoms with Crippen LogP contribution in [-0.2, 0) is 19.4 Å². The Kier molecular flexibility index (Phi) is 8.74. The van der Waals surface area contributed by atoms with E-state index in [0.717, 1.165) is 78.5 Å². The van der Waals surface area contributed by atoms with Crippen LogP contribution >= 0.6 is 11.3 Å². The van der Waals surface area contributed by atoms with Crippen molar-refractivity contribution in [1.82, 2.24) is 9.88 Å². The molecular formula is C36H42N2O5S. The number of H-pyrrole nitrogens is 1. The van der Waals surface area contributed by atoms with Crippen LogP contribution in [-0.4, -0.2) is 46.3 Å². The number of nitrogens with one attached hydrogen (secondary N) is 1. The Labute approximate surface area is 263 Å². The summed E-state index contributed by atoms with van der Waals surface area (Å²) in [6.45, 7) is 11.8. The molecule has 0 bridgehead atoms. The van der Waals surface area contributed by atoms with Crippen molar-refractivity contribution in [3.63, 3.8) is 0 Å². The van der Waals surface area contributed by atoms with E-state index >= 15 is 0 Å². The summed E-state index contributed by atoms with van der Waals surface area (Å²) in [6, 6.07) is 18.6. The first-order valence-electron chi connectivity index (χ1n) is 15.5. The molecule has 6 rings (SSSR count). The SMILES string of the molecule is Cc1c(C)c2c(c(C)c1OCc1ccccc1)CCC(C)(CN1CCC[C@H]1COc1ccc(Cc3sc(=O)[nH]c3O)cc1)O2. The fourth-order valence-corrected chi connectivity index (χ4v) is 7.37. The van der Waals surface area contributed by atoms with E-state index in [1.165, 1.54) is 22.3 Å². The van der Waals surface area contributed by atoms with Crippen LogP contribution in [0.1, 0.15) is 64.4 Å². The molecule has 44 heavy (non-hydrogen) atoms. The number of aromatic hydroxyl groups is 1. The van der Waals surface area contributed by atoms with Gasteiger partial charge in [-0.2, -0.15) is 0 Å². The highest BCUT2D eigenvalue weighted by Gasteiger charge is 2.39. The predicted octanol–water partition coefficient (Wildman–Crippen LogP) is 6.86. The van der Waals surface area contributed by atoms with Crippen LogP contribution in [0.2, 0.25) is 0 Å². The van der Waals surface area contributed by atoms with Gasteiger partial charge in [-0.05, 0) is 99.9 Å². The third-order valence-corrected chi connectivity index (χ3v) is 10.1. The maximum atomic E-state index is 11.5. The fraction of sp³-hybridized carbons (Fsp3) is 0.417. The molecule has 4 aromatic rings. The summed E-state index contributed by atoms with van der Waals surface area (Å²) in [7, 11) is 0. The highest BCUT2D eigenvalue weighted by molar-refractivity contribution is 7.09. The van der Waals surface area contributed by atoms with Gasteiger partial charge in [-0.15, -0.1) is 0 Å². The maximum absolute atomic E-state index is 11.5. The Bertz CT molecular complexity index is 1660. The number of fused-ring (bicyclic) bond motifs is 1. The Morgan fingerprint density at radius 2 is 1.80 bits per heavy atom. The van der Waals surface area contributed by atoms with Crippen LogP contribution in [0, 0.1) is 20.8 Å². The maximum Gasteiger partial charge on any atom is 0.307 e. The molecule has 7 nitrogen and oxygen atoms in total. The number of rotatable bonds is 10. The van der Waals surface area contributed by atoms with E-state index in [9.17, 15) is 9.90 Å². The largest absolute Gasteiger partial charge is 0.494 e. The molecule has 2 N–H and O–H groups in total. The lowest BCUT2D eigenvalue weighted by atomic mass is 9.86. The van der Waals surface area contributed by atoms with E-state index in [1.54, 1.807) is 0 Å². The predicted molar refractivity (Wildman–Crippen MR) is 175 cm³/mol. The van der Waals surface area contributed by atoms with Gasteiger partial charge in [0, 0.05) is 24.6 Å². The van der Waals surface area contributed by atoms with Crippen LogP contribution in [0.3, 0.4) is 0 Å². The average Bonchev–Trinajstić information content (AvgIpc) is 3.59. The molecule has 2 atom stereocenters. The van der Waals surface area contributed by atoms with E-state index in [0.29, 0.717) is 30.6 Å². The summed E-state index contributed by atoms with van der Waals surface area (Å²) in [5.41, 5.74) is 6.71. The van der Waals surface area contributed by atoms with Crippen LogP contribution < -0.4 is 19.1 Å². The number of nitrogens with zero attached hydrogens (tertiary/aromatic N) is 1. The van der Waals surface area contributed by atoms with E-state index in [4.69, 9.17) is 14.2 Å². The smallest absolute Gasteiger partial charge is 0.307 e. The Morgan fingerprint density at radius 3 is 2.52 bits per heavy atom. The summed E-state index contributed by atoms with van der Waals surface area (Å²) in [6.07, 6.45) is 4.70. The summed E-state index contributed by atoms with van der Waals surface area (Å²) in [4.78, 5) is 16.8. The van der Waals surface area contributed by atoms with E-state index in [1.807, 2.05) is 42.5 Å². The Balaban J connectivity index is 1.08. The molecule has 1 aromatic heterocycles. The van der Waals surface area contributed by atoms with Crippen molar-refractivity contribution in [2.24, 2.45) is 0 Å². The number of aromatic amines is 1. The molecule has 2 aliphatic heterocycles. The average molecular weight is 615 g/mol. The van der Waals surface area contributed by atoms with Gasteiger partial charge in [0.15, 0.2) is 0 Å². The Hall–Kier alpha value is -3.75. The molecule has 232 valence electrons. The number of ether oxygens (including phenoxy) is 3. The zero-order valence-electron chi connectivity index (χ0n) is 26.1.